The molecule has 1 saturated heterocycles. The van der Waals surface area contributed by atoms with E-state index in [1.165, 1.54) is 17.0 Å². The van der Waals surface area contributed by atoms with Crippen molar-refractivity contribution in [2.75, 3.05) is 18.0 Å². The first-order valence-corrected chi connectivity index (χ1v) is 13.0. The van der Waals surface area contributed by atoms with Gasteiger partial charge in [-0.25, -0.2) is 4.79 Å². The summed E-state index contributed by atoms with van der Waals surface area (Å²) in [7, 11) is 0. The van der Waals surface area contributed by atoms with Crippen molar-refractivity contribution >= 4 is 52.6 Å². The third kappa shape index (κ3) is 5.10. The summed E-state index contributed by atoms with van der Waals surface area (Å²) >= 11 is 13.2. The van der Waals surface area contributed by atoms with Crippen LogP contribution in [0.25, 0.3) is 0 Å². The van der Waals surface area contributed by atoms with Crippen molar-refractivity contribution in [1.29, 1.82) is 0 Å². The molecule has 0 bridgehead atoms. The van der Waals surface area contributed by atoms with Crippen LogP contribution in [-0.2, 0) is 19.3 Å². The minimum absolute atomic E-state index is 0.120. The maximum Gasteiger partial charge on any atom is 0.431 e. The van der Waals surface area contributed by atoms with Gasteiger partial charge < -0.3 is 15.2 Å². The Morgan fingerprint density at radius 1 is 1.00 bits per heavy atom. The van der Waals surface area contributed by atoms with Gasteiger partial charge in [0.2, 0.25) is 0 Å². The van der Waals surface area contributed by atoms with Gasteiger partial charge in [-0.05, 0) is 47.9 Å². The average Bonchev–Trinajstić information content (AvgIpc) is 3.29. The summed E-state index contributed by atoms with van der Waals surface area (Å²) in [5.41, 5.74) is -0.641. The molecule has 1 fully saturated rings. The van der Waals surface area contributed by atoms with Crippen LogP contribution in [0.5, 0.6) is 0 Å². The molecule has 0 radical (unpaired) electrons. The Morgan fingerprint density at radius 2 is 1.71 bits per heavy atom. The number of rotatable bonds is 4. The number of anilines is 1. The number of fused-ring (bicyclic) bond motifs is 1. The van der Waals surface area contributed by atoms with Gasteiger partial charge in [-0.2, -0.15) is 13.2 Å². The molecule has 0 atom stereocenters. The number of carbonyl (C=O) groups excluding carboxylic acids is 2. The van der Waals surface area contributed by atoms with Crippen molar-refractivity contribution in [3.63, 3.8) is 0 Å². The van der Waals surface area contributed by atoms with E-state index in [2.05, 4.69) is 5.32 Å². The Hall–Kier alpha value is -3.15. The first-order chi connectivity index (χ1) is 18.0. The third-order valence-corrected chi connectivity index (χ3v) is 8.28. The smallest absolute Gasteiger partial charge is 0.338 e. The molecule has 5 rings (SSSR count). The van der Waals surface area contributed by atoms with Gasteiger partial charge in [0.1, 0.15) is 11.3 Å². The van der Waals surface area contributed by atoms with E-state index in [0.29, 0.717) is 18.8 Å². The average molecular weight is 583 g/mol. The number of benzene rings is 2. The topological polar surface area (TPSA) is 85.5 Å². The van der Waals surface area contributed by atoms with E-state index < -0.39 is 28.9 Å². The predicted molar refractivity (Wildman–Crippen MR) is 138 cm³/mol. The van der Waals surface area contributed by atoms with Crippen molar-refractivity contribution in [2.45, 2.75) is 35.5 Å². The number of halogens is 5. The molecule has 3 heterocycles. The number of alkyl halides is 3. The molecule has 0 aliphatic carbocycles. The Labute approximate surface area is 228 Å². The number of hydrogen-bond donors (Lipinski definition) is 2. The van der Waals surface area contributed by atoms with Crippen molar-refractivity contribution < 1.29 is 22.8 Å². The van der Waals surface area contributed by atoms with Crippen molar-refractivity contribution in [3.05, 3.63) is 85.2 Å². The molecular weight excluding hydrogens is 564 g/mol. The largest absolute Gasteiger partial charge is 0.431 e. The standard InChI is InChI=1S/C25H19Cl2F3N4O3S/c26-16-3-1-4-17(27)21(16)38-18-10-19(25(28,29)30)32-22(35)20(18)23(36)33-11-13-5-6-15(9-14(13)12-33)34-8-2-7-31-24(34)37/h1,3-6,9-10H,2,7-8,11-12H2,(H,31,37)(H,32,35). The number of hydrogen-bond acceptors (Lipinski definition) is 4. The fourth-order valence-corrected chi connectivity index (χ4v) is 6.03. The van der Waals surface area contributed by atoms with Crippen LogP contribution in [0.15, 0.2) is 57.1 Å². The van der Waals surface area contributed by atoms with Crippen LogP contribution >= 0.6 is 35.0 Å². The molecule has 2 aromatic carbocycles. The van der Waals surface area contributed by atoms with E-state index in [1.807, 2.05) is 6.07 Å². The van der Waals surface area contributed by atoms with Crippen LogP contribution in [0.4, 0.5) is 23.7 Å². The zero-order valence-corrected chi connectivity index (χ0v) is 21.8. The lowest BCUT2D eigenvalue weighted by Gasteiger charge is -2.27. The number of amides is 3. The van der Waals surface area contributed by atoms with E-state index in [-0.39, 0.29) is 39.0 Å². The Morgan fingerprint density at radius 3 is 2.39 bits per heavy atom. The molecule has 198 valence electrons. The summed E-state index contributed by atoms with van der Waals surface area (Å²) in [5, 5.41) is 3.11. The van der Waals surface area contributed by atoms with Crippen LogP contribution in [0, 0.1) is 0 Å². The quantitative estimate of drug-likeness (QED) is 0.399. The summed E-state index contributed by atoms with van der Waals surface area (Å²) in [6, 6.07) is 10.5. The number of carbonyl (C=O) groups is 2. The normalized spacial score (nSPS) is 15.4. The molecule has 0 spiro atoms. The van der Waals surface area contributed by atoms with E-state index in [9.17, 15) is 27.6 Å². The molecule has 1 aromatic heterocycles. The highest BCUT2D eigenvalue weighted by Gasteiger charge is 2.36. The molecule has 2 N–H and O–H groups in total. The van der Waals surface area contributed by atoms with Gasteiger partial charge in [-0.15, -0.1) is 0 Å². The number of nitrogens with zero attached hydrogens (tertiary/aromatic N) is 2. The lowest BCUT2D eigenvalue weighted by Crippen LogP contribution is -2.46. The molecule has 38 heavy (non-hydrogen) atoms. The van der Waals surface area contributed by atoms with Gasteiger partial charge in [0, 0.05) is 41.7 Å². The molecular formula is C25H19Cl2F3N4O3S. The van der Waals surface area contributed by atoms with Gasteiger partial charge in [0.05, 0.1) is 10.0 Å². The lowest BCUT2D eigenvalue weighted by atomic mass is 10.1. The fourth-order valence-electron chi connectivity index (χ4n) is 4.39. The minimum atomic E-state index is -4.85. The molecule has 0 unspecified atom stereocenters. The summed E-state index contributed by atoms with van der Waals surface area (Å²) in [6.45, 7) is 1.43. The highest BCUT2D eigenvalue weighted by atomic mass is 35.5. The van der Waals surface area contributed by atoms with Crippen molar-refractivity contribution in [1.82, 2.24) is 15.2 Å². The molecule has 13 heteroatoms. The lowest BCUT2D eigenvalue weighted by molar-refractivity contribution is -0.141. The third-order valence-electron chi connectivity index (χ3n) is 6.24. The number of aromatic nitrogens is 1. The van der Waals surface area contributed by atoms with Crippen molar-refractivity contribution in [2.24, 2.45) is 0 Å². The second-order valence-electron chi connectivity index (χ2n) is 8.75. The van der Waals surface area contributed by atoms with Gasteiger partial charge in [-0.3, -0.25) is 14.5 Å². The van der Waals surface area contributed by atoms with Crippen LogP contribution in [0.2, 0.25) is 10.0 Å². The highest BCUT2D eigenvalue weighted by molar-refractivity contribution is 7.99. The second kappa shape index (κ2) is 10.2. The number of nitrogens with one attached hydrogen (secondary N) is 2. The predicted octanol–water partition coefficient (Wildman–Crippen LogP) is 5.93. The van der Waals surface area contributed by atoms with Crippen LogP contribution < -0.4 is 15.8 Å². The maximum absolute atomic E-state index is 13.6. The van der Waals surface area contributed by atoms with Gasteiger partial charge in [0.25, 0.3) is 11.5 Å². The first-order valence-electron chi connectivity index (χ1n) is 11.5. The zero-order valence-electron chi connectivity index (χ0n) is 19.5. The summed E-state index contributed by atoms with van der Waals surface area (Å²) in [5.74, 6) is -0.737. The molecule has 0 saturated carbocycles. The molecule has 2 aliphatic rings. The zero-order chi connectivity index (χ0) is 27.2. The Balaban J connectivity index is 1.49. The molecule has 7 nitrogen and oxygen atoms in total. The first kappa shape index (κ1) is 26.5. The van der Waals surface area contributed by atoms with Crippen LogP contribution in [0.3, 0.4) is 0 Å². The Bertz CT molecular complexity index is 1490. The number of urea groups is 1. The maximum atomic E-state index is 13.6. The highest BCUT2D eigenvalue weighted by Crippen LogP contribution is 2.41. The summed E-state index contributed by atoms with van der Waals surface area (Å²) in [6.07, 6.45) is -4.05. The second-order valence-corrected chi connectivity index (χ2v) is 10.6. The molecule has 3 aromatic rings. The Kier molecular flexibility index (Phi) is 7.10. The number of aromatic amines is 1. The van der Waals surface area contributed by atoms with Crippen LogP contribution in [0.1, 0.15) is 33.6 Å². The van der Waals surface area contributed by atoms with E-state index >= 15 is 0 Å². The number of pyridine rings is 1. The van der Waals surface area contributed by atoms with Gasteiger partial charge in [-0.1, -0.05) is 47.1 Å². The van der Waals surface area contributed by atoms with E-state index in [0.717, 1.165) is 35.4 Å². The molecule has 3 amide bonds. The SMILES string of the molecule is O=C(c1c(Sc2c(Cl)cccc2Cl)cc(C(F)(F)F)[nH]c1=O)N1Cc2ccc(N3CCCNC3=O)cc2C1. The number of H-pyrrole nitrogens is 1. The fraction of sp³-hybridized carbons (Fsp3) is 0.240. The monoisotopic (exact) mass is 582 g/mol. The van der Waals surface area contributed by atoms with Gasteiger partial charge in [0.15, 0.2) is 0 Å². The van der Waals surface area contributed by atoms with E-state index in [4.69, 9.17) is 23.2 Å². The van der Waals surface area contributed by atoms with Crippen LogP contribution in [-0.4, -0.2) is 34.9 Å². The molecule has 2 aliphatic heterocycles. The van der Waals surface area contributed by atoms with E-state index in [1.54, 1.807) is 28.1 Å². The van der Waals surface area contributed by atoms with Gasteiger partial charge >= 0.3 is 12.2 Å². The summed E-state index contributed by atoms with van der Waals surface area (Å²) in [4.78, 5) is 43.5. The summed E-state index contributed by atoms with van der Waals surface area (Å²) < 4.78 is 40.6. The minimum Gasteiger partial charge on any atom is -0.338 e. The van der Waals surface area contributed by atoms with Crippen molar-refractivity contribution in [3.8, 4) is 0 Å².